The second kappa shape index (κ2) is 5.75. The molecule has 0 bridgehead atoms. The fraction of sp³-hybridized carbons (Fsp3) is 0.273. The molecule has 0 heterocycles. The summed E-state index contributed by atoms with van der Waals surface area (Å²) >= 11 is 0. The summed E-state index contributed by atoms with van der Waals surface area (Å²) in [6, 6.07) is 3.88. The van der Waals surface area contributed by atoms with Crippen LogP contribution in [0.1, 0.15) is 28.4 Å². The van der Waals surface area contributed by atoms with Crippen molar-refractivity contribution in [2.75, 3.05) is 6.61 Å². The van der Waals surface area contributed by atoms with Crippen LogP contribution in [0.2, 0.25) is 0 Å². The van der Waals surface area contributed by atoms with Gasteiger partial charge in [0.1, 0.15) is 11.6 Å². The molecule has 0 amide bonds. The minimum atomic E-state index is -0.826. The molecule has 0 atom stereocenters. The Bertz CT molecular complexity index is 533. The van der Waals surface area contributed by atoms with Crippen molar-refractivity contribution in [2.45, 2.75) is 13.5 Å². The summed E-state index contributed by atoms with van der Waals surface area (Å²) in [5, 5.41) is 28.7. The van der Waals surface area contributed by atoms with Crippen LogP contribution in [0.15, 0.2) is 12.1 Å². The number of nitro groups is 1. The number of esters is 1. The van der Waals surface area contributed by atoms with Gasteiger partial charge in [0.05, 0.1) is 23.7 Å². The van der Waals surface area contributed by atoms with Crippen molar-refractivity contribution in [1.82, 2.24) is 0 Å². The molecule has 1 aromatic rings. The van der Waals surface area contributed by atoms with E-state index in [-0.39, 0.29) is 23.3 Å². The Morgan fingerprint density at radius 3 is 2.72 bits per heavy atom. The molecule has 94 valence electrons. The van der Waals surface area contributed by atoms with Crippen molar-refractivity contribution in [3.05, 3.63) is 38.9 Å². The third-order valence-electron chi connectivity index (χ3n) is 2.16. The second-order valence-electron chi connectivity index (χ2n) is 3.29. The van der Waals surface area contributed by atoms with Crippen LogP contribution in [0.4, 0.5) is 5.69 Å². The molecule has 7 nitrogen and oxygen atoms in total. The van der Waals surface area contributed by atoms with Crippen LogP contribution < -0.4 is 0 Å². The van der Waals surface area contributed by atoms with Gasteiger partial charge in [0.15, 0.2) is 0 Å². The van der Waals surface area contributed by atoms with Crippen LogP contribution in [-0.2, 0) is 11.3 Å². The van der Waals surface area contributed by atoms with Gasteiger partial charge >= 0.3 is 5.97 Å². The molecule has 0 aliphatic rings. The van der Waals surface area contributed by atoms with Gasteiger partial charge in [0.2, 0.25) is 0 Å². The van der Waals surface area contributed by atoms with E-state index in [4.69, 9.17) is 15.1 Å². The summed E-state index contributed by atoms with van der Waals surface area (Å²) in [5.41, 5.74) is -0.927. The Hall–Kier alpha value is -2.46. The van der Waals surface area contributed by atoms with Crippen LogP contribution in [0.3, 0.4) is 0 Å². The van der Waals surface area contributed by atoms with Gasteiger partial charge in [-0.1, -0.05) is 0 Å². The van der Waals surface area contributed by atoms with Gasteiger partial charge < -0.3 is 9.84 Å². The Labute approximate surface area is 102 Å². The number of ether oxygens (including phenoxy) is 1. The van der Waals surface area contributed by atoms with E-state index in [2.05, 4.69) is 0 Å². The van der Waals surface area contributed by atoms with Gasteiger partial charge in [-0.25, -0.2) is 4.79 Å². The number of carbonyl (C=O) groups excluding carboxylic acids is 1. The Balaban J connectivity index is 3.48. The lowest BCUT2D eigenvalue weighted by Crippen LogP contribution is -2.10. The molecule has 0 spiro atoms. The van der Waals surface area contributed by atoms with Gasteiger partial charge in [0, 0.05) is 6.07 Å². The van der Waals surface area contributed by atoms with Crippen molar-refractivity contribution < 1.29 is 19.6 Å². The average molecular weight is 250 g/mol. The maximum atomic E-state index is 11.6. The molecule has 0 saturated carbocycles. The normalized spacial score (nSPS) is 9.61. The Kier molecular flexibility index (Phi) is 4.34. The number of nitrogens with zero attached hydrogens (tertiary/aromatic N) is 2. The van der Waals surface area contributed by atoms with Gasteiger partial charge in [-0.15, -0.1) is 0 Å². The first-order valence-corrected chi connectivity index (χ1v) is 5.04. The quantitative estimate of drug-likeness (QED) is 0.486. The number of benzene rings is 1. The molecule has 0 aliphatic carbocycles. The molecule has 0 radical (unpaired) electrons. The topological polar surface area (TPSA) is 113 Å². The zero-order valence-electron chi connectivity index (χ0n) is 9.54. The van der Waals surface area contributed by atoms with E-state index < -0.39 is 23.2 Å². The van der Waals surface area contributed by atoms with E-state index in [0.29, 0.717) is 0 Å². The predicted molar refractivity (Wildman–Crippen MR) is 59.7 cm³/mol. The van der Waals surface area contributed by atoms with Crippen molar-refractivity contribution in [1.29, 1.82) is 5.26 Å². The number of hydrogen-bond donors (Lipinski definition) is 1. The summed E-state index contributed by atoms with van der Waals surface area (Å²) in [5.74, 6) is -0.826. The molecule has 1 N–H and O–H groups in total. The molecule has 0 saturated heterocycles. The van der Waals surface area contributed by atoms with Crippen LogP contribution in [0.5, 0.6) is 0 Å². The second-order valence-corrected chi connectivity index (χ2v) is 3.29. The molecular formula is C11H10N2O5. The maximum absolute atomic E-state index is 11.6. The number of aliphatic hydroxyl groups is 1. The average Bonchev–Trinajstić information content (AvgIpc) is 2.37. The molecule has 0 aliphatic heterocycles. The first-order valence-electron chi connectivity index (χ1n) is 5.04. The van der Waals surface area contributed by atoms with Crippen LogP contribution in [0.25, 0.3) is 0 Å². The number of hydrogen-bond acceptors (Lipinski definition) is 6. The molecule has 18 heavy (non-hydrogen) atoms. The van der Waals surface area contributed by atoms with Gasteiger partial charge in [-0.05, 0) is 18.6 Å². The lowest BCUT2D eigenvalue weighted by Gasteiger charge is -2.06. The van der Waals surface area contributed by atoms with E-state index >= 15 is 0 Å². The highest BCUT2D eigenvalue weighted by atomic mass is 16.6. The number of nitriles is 1. The molecular weight excluding hydrogens is 240 g/mol. The molecule has 0 fully saturated rings. The smallest absolute Gasteiger partial charge is 0.339 e. The summed E-state index contributed by atoms with van der Waals surface area (Å²) in [7, 11) is 0. The number of aliphatic hydroxyl groups excluding tert-OH is 1. The van der Waals surface area contributed by atoms with Crippen molar-refractivity contribution in [2.24, 2.45) is 0 Å². The predicted octanol–water partition coefficient (Wildman–Crippen LogP) is 1.14. The van der Waals surface area contributed by atoms with Crippen LogP contribution in [0, 0.1) is 21.4 Å². The van der Waals surface area contributed by atoms with E-state index in [9.17, 15) is 14.9 Å². The molecule has 1 aromatic carbocycles. The highest BCUT2D eigenvalue weighted by Gasteiger charge is 2.24. The fourth-order valence-corrected chi connectivity index (χ4v) is 1.41. The summed E-state index contributed by atoms with van der Waals surface area (Å²) < 4.78 is 4.71. The fourth-order valence-electron chi connectivity index (χ4n) is 1.41. The van der Waals surface area contributed by atoms with E-state index in [1.165, 1.54) is 6.07 Å². The van der Waals surface area contributed by atoms with Crippen LogP contribution in [-0.4, -0.2) is 22.6 Å². The van der Waals surface area contributed by atoms with E-state index in [1.807, 2.05) is 0 Å². The van der Waals surface area contributed by atoms with Gasteiger partial charge in [-0.3, -0.25) is 10.1 Å². The van der Waals surface area contributed by atoms with E-state index in [1.54, 1.807) is 13.0 Å². The minimum Gasteiger partial charge on any atom is -0.462 e. The number of nitro benzene ring substituents is 1. The highest BCUT2D eigenvalue weighted by Crippen LogP contribution is 2.25. The van der Waals surface area contributed by atoms with Crippen molar-refractivity contribution in [3.8, 4) is 6.07 Å². The van der Waals surface area contributed by atoms with Crippen LogP contribution >= 0.6 is 0 Å². The lowest BCUT2D eigenvalue weighted by molar-refractivity contribution is -0.385. The SMILES string of the molecule is CCOC(=O)c1cc(CO)cc([N+](=O)[O-])c1C#N. The largest absolute Gasteiger partial charge is 0.462 e. The molecule has 0 aromatic heterocycles. The summed E-state index contributed by atoms with van der Waals surface area (Å²) in [6.07, 6.45) is 0. The zero-order valence-corrected chi connectivity index (χ0v) is 9.54. The number of rotatable bonds is 4. The summed E-state index contributed by atoms with van der Waals surface area (Å²) in [6.45, 7) is 1.19. The lowest BCUT2D eigenvalue weighted by atomic mass is 10.0. The molecule has 0 unspecified atom stereocenters. The van der Waals surface area contributed by atoms with Crippen molar-refractivity contribution >= 4 is 11.7 Å². The van der Waals surface area contributed by atoms with Gasteiger partial charge in [0.25, 0.3) is 5.69 Å². The monoisotopic (exact) mass is 250 g/mol. The van der Waals surface area contributed by atoms with E-state index in [0.717, 1.165) is 6.07 Å². The first kappa shape index (κ1) is 13.6. The van der Waals surface area contributed by atoms with Crippen molar-refractivity contribution in [3.63, 3.8) is 0 Å². The Morgan fingerprint density at radius 1 is 1.61 bits per heavy atom. The third kappa shape index (κ3) is 2.61. The first-order chi connectivity index (χ1) is 8.54. The molecule has 7 heteroatoms. The Morgan fingerprint density at radius 2 is 2.28 bits per heavy atom. The number of carbonyl (C=O) groups is 1. The highest BCUT2D eigenvalue weighted by molar-refractivity contribution is 5.94. The zero-order chi connectivity index (χ0) is 13.7. The summed E-state index contributed by atoms with van der Waals surface area (Å²) in [4.78, 5) is 21.6. The third-order valence-corrected chi connectivity index (χ3v) is 2.16. The molecule has 1 rings (SSSR count). The van der Waals surface area contributed by atoms with Gasteiger partial charge in [-0.2, -0.15) is 5.26 Å². The minimum absolute atomic E-state index is 0.0842. The maximum Gasteiger partial charge on any atom is 0.339 e. The standard InChI is InChI=1S/C11H10N2O5/c1-2-18-11(15)8-3-7(6-14)4-10(13(16)17)9(8)5-12/h3-4,14H,2,6H2,1H3.